The molecule has 2 amide bonds. The van der Waals surface area contributed by atoms with E-state index in [9.17, 15) is 4.79 Å². The molecule has 2 rings (SSSR count). The third-order valence-electron chi connectivity index (χ3n) is 3.08. The summed E-state index contributed by atoms with van der Waals surface area (Å²) in [5.74, 6) is 0.437. The largest absolute Gasteiger partial charge is 0.496 e. The van der Waals surface area contributed by atoms with Gasteiger partial charge in [-0.1, -0.05) is 13.0 Å². The molecule has 0 bridgehead atoms. The molecule has 0 unspecified atom stereocenters. The van der Waals surface area contributed by atoms with Gasteiger partial charge in [0.1, 0.15) is 11.6 Å². The van der Waals surface area contributed by atoms with E-state index in [0.29, 0.717) is 5.56 Å². The minimum Gasteiger partial charge on any atom is -0.496 e. The second kappa shape index (κ2) is 7.72. The van der Waals surface area contributed by atoms with E-state index in [0.717, 1.165) is 23.4 Å². The quantitative estimate of drug-likeness (QED) is 0.627. The number of aromatic amines is 1. The smallest absolute Gasteiger partial charge is 0.252 e. The van der Waals surface area contributed by atoms with Gasteiger partial charge >= 0.3 is 0 Å². The van der Waals surface area contributed by atoms with Gasteiger partial charge in [-0.05, 0) is 30.2 Å². The summed E-state index contributed by atoms with van der Waals surface area (Å²) < 4.78 is 5.33. The highest BCUT2D eigenvalue weighted by Crippen LogP contribution is 2.32. The zero-order chi connectivity index (χ0) is 16.7. The highest BCUT2D eigenvalue weighted by molar-refractivity contribution is 5.99. The highest BCUT2D eigenvalue weighted by atomic mass is 16.5. The number of H-pyrrole nitrogens is 1. The van der Waals surface area contributed by atoms with Gasteiger partial charge in [0.05, 0.1) is 18.4 Å². The summed E-state index contributed by atoms with van der Waals surface area (Å²) in [4.78, 5) is 22.8. The topological polar surface area (TPSA) is 137 Å². The maximum Gasteiger partial charge on any atom is 0.252 e. The molecule has 0 saturated carbocycles. The van der Waals surface area contributed by atoms with E-state index in [1.807, 2.05) is 18.2 Å². The van der Waals surface area contributed by atoms with Crippen LogP contribution >= 0.6 is 0 Å². The van der Waals surface area contributed by atoms with Crippen molar-refractivity contribution >= 4 is 18.1 Å². The Bertz CT molecular complexity index is 665. The number of aromatic nitrogens is 1. The molecule has 1 aromatic heterocycles. The second-order valence-electron chi connectivity index (χ2n) is 4.40. The van der Waals surface area contributed by atoms with Crippen molar-refractivity contribution in [1.82, 2.24) is 4.98 Å². The Kier molecular flexibility index (Phi) is 6.00. The fourth-order valence-corrected chi connectivity index (χ4v) is 2.01. The van der Waals surface area contributed by atoms with E-state index in [1.54, 1.807) is 13.2 Å². The van der Waals surface area contributed by atoms with Gasteiger partial charge in [-0.2, -0.15) is 0 Å². The van der Waals surface area contributed by atoms with Crippen molar-refractivity contribution in [2.45, 2.75) is 13.3 Å². The zero-order valence-electron chi connectivity index (χ0n) is 12.6. The fraction of sp³-hybridized carbons (Fsp3) is 0.200. The van der Waals surface area contributed by atoms with Crippen molar-refractivity contribution in [2.24, 2.45) is 11.5 Å². The first-order chi connectivity index (χ1) is 10.5. The Hall–Kier alpha value is -2.96. The molecule has 0 fully saturated rings. The lowest BCUT2D eigenvalue weighted by molar-refractivity contribution is -0.106. The highest BCUT2D eigenvalue weighted by Gasteiger charge is 2.14. The van der Waals surface area contributed by atoms with E-state index in [1.165, 1.54) is 5.56 Å². The monoisotopic (exact) mass is 304 g/mol. The second-order valence-corrected chi connectivity index (χ2v) is 4.40. The van der Waals surface area contributed by atoms with Gasteiger partial charge in [-0.15, -0.1) is 0 Å². The number of primary amides is 2. The Balaban J connectivity index is 0.000000745. The minimum atomic E-state index is -0.550. The lowest BCUT2D eigenvalue weighted by atomic mass is 10.0. The van der Waals surface area contributed by atoms with Crippen LogP contribution in [0.25, 0.3) is 11.3 Å². The molecule has 0 atom stereocenters. The summed E-state index contributed by atoms with van der Waals surface area (Å²) in [6.45, 7) is 2.07. The number of benzene rings is 1. The number of ether oxygens (including phenoxy) is 1. The Labute approximate surface area is 128 Å². The molecule has 118 valence electrons. The molecule has 0 aliphatic rings. The number of aryl methyl sites for hydroxylation is 1. The molecule has 0 aliphatic carbocycles. The summed E-state index contributed by atoms with van der Waals surface area (Å²) >= 11 is 0. The average Bonchev–Trinajstić information content (AvgIpc) is 2.89. The predicted octanol–water partition coefficient (Wildman–Crippen LogP) is 1.04. The standard InChI is InChI=1S/C14H17N3O2.CH3NO/c1-3-8-4-5-12(19-2)9(6-8)11-7-10(14(16)18)13(15)17-11;2-1-3/h4-7,17H,3,15H2,1-2H3,(H2,16,18);1H,(H2,2,3). The van der Waals surface area contributed by atoms with Crippen molar-refractivity contribution < 1.29 is 14.3 Å². The number of carbonyl (C=O) groups excluding carboxylic acids is 2. The molecular weight excluding hydrogens is 284 g/mol. The van der Waals surface area contributed by atoms with Crippen LogP contribution in [0.3, 0.4) is 0 Å². The number of carbonyl (C=O) groups is 2. The van der Waals surface area contributed by atoms with Crippen molar-refractivity contribution in [3.05, 3.63) is 35.4 Å². The first kappa shape index (κ1) is 17.1. The van der Waals surface area contributed by atoms with Gasteiger partial charge < -0.3 is 26.9 Å². The van der Waals surface area contributed by atoms with Gasteiger partial charge in [0.15, 0.2) is 0 Å². The molecule has 2 aromatic rings. The number of nitrogen functional groups attached to an aromatic ring is 1. The van der Waals surface area contributed by atoms with Crippen LogP contribution in [0.5, 0.6) is 5.75 Å². The van der Waals surface area contributed by atoms with Crippen LogP contribution in [0.2, 0.25) is 0 Å². The number of hydrogen-bond donors (Lipinski definition) is 4. The maximum atomic E-state index is 11.2. The normalized spacial score (nSPS) is 9.55. The number of nitrogens with one attached hydrogen (secondary N) is 1. The number of amides is 2. The lowest BCUT2D eigenvalue weighted by Crippen LogP contribution is -2.11. The van der Waals surface area contributed by atoms with E-state index in [2.05, 4.69) is 17.6 Å². The molecule has 1 heterocycles. The molecule has 7 heteroatoms. The van der Waals surface area contributed by atoms with Crippen molar-refractivity contribution in [3.8, 4) is 17.0 Å². The lowest BCUT2D eigenvalue weighted by Gasteiger charge is -2.08. The summed E-state index contributed by atoms with van der Waals surface area (Å²) in [7, 11) is 1.60. The molecule has 0 spiro atoms. The van der Waals surface area contributed by atoms with Crippen LogP contribution in [0.1, 0.15) is 22.8 Å². The van der Waals surface area contributed by atoms with Crippen LogP contribution < -0.4 is 21.9 Å². The first-order valence-corrected chi connectivity index (χ1v) is 6.59. The van der Waals surface area contributed by atoms with Crippen LogP contribution in [0.4, 0.5) is 5.82 Å². The van der Waals surface area contributed by atoms with Crippen molar-refractivity contribution in [3.63, 3.8) is 0 Å². The average molecular weight is 304 g/mol. The minimum absolute atomic E-state index is 0.250. The van der Waals surface area contributed by atoms with E-state index in [-0.39, 0.29) is 12.2 Å². The van der Waals surface area contributed by atoms with E-state index in [4.69, 9.17) is 21.0 Å². The number of nitrogens with two attached hydrogens (primary N) is 3. The Morgan fingerprint density at radius 3 is 2.45 bits per heavy atom. The summed E-state index contributed by atoms with van der Waals surface area (Å²) in [6.07, 6.45) is 1.16. The van der Waals surface area contributed by atoms with Gasteiger partial charge in [0.25, 0.3) is 5.91 Å². The van der Waals surface area contributed by atoms with Gasteiger partial charge in [0.2, 0.25) is 6.41 Å². The Morgan fingerprint density at radius 2 is 2.00 bits per heavy atom. The van der Waals surface area contributed by atoms with E-state index >= 15 is 0 Å². The molecule has 7 nitrogen and oxygen atoms in total. The first-order valence-electron chi connectivity index (χ1n) is 6.59. The van der Waals surface area contributed by atoms with Gasteiger partial charge in [-0.3, -0.25) is 9.59 Å². The number of methoxy groups -OCH3 is 1. The predicted molar refractivity (Wildman–Crippen MR) is 85.3 cm³/mol. The Morgan fingerprint density at radius 1 is 1.36 bits per heavy atom. The molecule has 7 N–H and O–H groups in total. The fourth-order valence-electron chi connectivity index (χ4n) is 2.01. The summed E-state index contributed by atoms with van der Waals surface area (Å²) in [5, 5.41) is 0. The third-order valence-corrected chi connectivity index (χ3v) is 3.08. The zero-order valence-corrected chi connectivity index (χ0v) is 12.6. The molecule has 1 aromatic carbocycles. The molecular formula is C15H20N4O3. The maximum absolute atomic E-state index is 11.2. The number of anilines is 1. The molecule has 22 heavy (non-hydrogen) atoms. The molecule has 0 aliphatic heterocycles. The number of rotatable bonds is 4. The number of hydrogen-bond acceptors (Lipinski definition) is 4. The van der Waals surface area contributed by atoms with Crippen LogP contribution in [-0.2, 0) is 11.2 Å². The van der Waals surface area contributed by atoms with Crippen LogP contribution in [-0.4, -0.2) is 24.4 Å². The van der Waals surface area contributed by atoms with E-state index < -0.39 is 5.91 Å². The van der Waals surface area contributed by atoms with Crippen molar-refractivity contribution in [2.75, 3.05) is 12.8 Å². The molecule has 0 radical (unpaired) electrons. The third kappa shape index (κ3) is 3.78. The van der Waals surface area contributed by atoms with Gasteiger partial charge in [0, 0.05) is 5.56 Å². The molecule has 0 saturated heterocycles. The SMILES string of the molecule is CCc1ccc(OC)c(-c2cc(C(N)=O)c(N)[nH]2)c1.NC=O. The van der Waals surface area contributed by atoms with Gasteiger partial charge in [-0.25, -0.2) is 0 Å². The van der Waals surface area contributed by atoms with Crippen LogP contribution in [0.15, 0.2) is 24.3 Å². The van der Waals surface area contributed by atoms with Crippen molar-refractivity contribution in [1.29, 1.82) is 0 Å². The summed E-state index contributed by atoms with van der Waals surface area (Å²) in [5.41, 5.74) is 18.2. The summed E-state index contributed by atoms with van der Waals surface area (Å²) in [6, 6.07) is 7.56. The van der Waals surface area contributed by atoms with Crippen LogP contribution in [0, 0.1) is 0 Å².